The minimum Gasteiger partial charge on any atom is -0.348 e. The predicted octanol–water partition coefficient (Wildman–Crippen LogP) is 2.86. The summed E-state index contributed by atoms with van der Waals surface area (Å²) in [4.78, 5) is 13.0. The highest BCUT2D eigenvalue weighted by Crippen LogP contribution is 2.22. The molecule has 162 valence electrons. The van der Waals surface area contributed by atoms with E-state index in [0.717, 1.165) is 29.7 Å². The molecule has 2 N–H and O–H groups in total. The topological polar surface area (TPSA) is 93.1 Å². The third-order valence-electron chi connectivity index (χ3n) is 5.29. The normalized spacial score (nSPS) is 13.8. The van der Waals surface area contributed by atoms with Gasteiger partial charge in [-0.05, 0) is 42.5 Å². The molecule has 3 aromatic rings. The number of sulfonamides is 1. The fourth-order valence-electron chi connectivity index (χ4n) is 3.42. The number of amides is 1. The summed E-state index contributed by atoms with van der Waals surface area (Å²) in [6.07, 6.45) is 4.09. The Hall–Kier alpha value is -2.97. The summed E-state index contributed by atoms with van der Waals surface area (Å²) >= 11 is 0. The molecular weight excluding hydrogens is 412 g/mol. The maximum atomic E-state index is 12.7. The van der Waals surface area contributed by atoms with Crippen molar-refractivity contribution in [3.63, 3.8) is 0 Å². The van der Waals surface area contributed by atoms with Crippen LogP contribution in [0.25, 0.3) is 0 Å². The van der Waals surface area contributed by atoms with Crippen molar-refractivity contribution in [1.82, 2.24) is 19.8 Å². The first-order chi connectivity index (χ1) is 15.0. The number of nitrogens with one attached hydrogen (secondary N) is 2. The lowest BCUT2D eigenvalue weighted by molar-refractivity contribution is 0.0950. The van der Waals surface area contributed by atoms with E-state index >= 15 is 0 Å². The van der Waals surface area contributed by atoms with Gasteiger partial charge < -0.3 is 5.32 Å². The summed E-state index contributed by atoms with van der Waals surface area (Å²) in [7, 11) is -3.47. The first kappa shape index (κ1) is 21.3. The summed E-state index contributed by atoms with van der Waals surface area (Å²) in [6.45, 7) is 2.93. The zero-order chi connectivity index (χ0) is 21.8. The summed E-state index contributed by atoms with van der Waals surface area (Å²) in [5.41, 5.74) is 3.40. The molecule has 1 saturated carbocycles. The minimum atomic E-state index is -3.47. The molecule has 0 radical (unpaired) electrons. The number of hydrogen-bond donors (Lipinski definition) is 2. The third kappa shape index (κ3) is 5.21. The van der Waals surface area contributed by atoms with Crippen molar-refractivity contribution in [1.29, 1.82) is 0 Å². The SMILES string of the molecule is CCc1c(C(=O)NCc2ccc(S(=O)(=O)NC3CC3)cc2)cnn1Cc1ccccc1. The number of nitrogens with zero attached hydrogens (tertiary/aromatic N) is 2. The lowest BCUT2D eigenvalue weighted by atomic mass is 10.1. The van der Waals surface area contributed by atoms with Crippen LogP contribution in [0, 0.1) is 0 Å². The number of benzene rings is 2. The van der Waals surface area contributed by atoms with E-state index < -0.39 is 10.0 Å². The Morgan fingerprint density at radius 2 is 1.77 bits per heavy atom. The Labute approximate surface area is 182 Å². The van der Waals surface area contributed by atoms with Crippen molar-refractivity contribution >= 4 is 15.9 Å². The smallest absolute Gasteiger partial charge is 0.255 e. The van der Waals surface area contributed by atoms with E-state index in [0.29, 0.717) is 25.1 Å². The van der Waals surface area contributed by atoms with Crippen LogP contribution in [0.3, 0.4) is 0 Å². The number of carbonyl (C=O) groups excluding carboxylic acids is 1. The zero-order valence-corrected chi connectivity index (χ0v) is 18.2. The first-order valence-corrected chi connectivity index (χ1v) is 11.9. The van der Waals surface area contributed by atoms with Crippen LogP contribution in [0.1, 0.15) is 46.9 Å². The molecule has 7 nitrogen and oxygen atoms in total. The van der Waals surface area contributed by atoms with Crippen molar-refractivity contribution in [2.75, 3.05) is 0 Å². The monoisotopic (exact) mass is 438 g/mol. The lowest BCUT2D eigenvalue weighted by Crippen LogP contribution is -2.26. The molecule has 0 spiro atoms. The Morgan fingerprint density at radius 3 is 2.42 bits per heavy atom. The highest BCUT2D eigenvalue weighted by molar-refractivity contribution is 7.89. The van der Waals surface area contributed by atoms with E-state index in [1.54, 1.807) is 30.5 Å². The average Bonchev–Trinajstić information content (AvgIpc) is 3.49. The van der Waals surface area contributed by atoms with Gasteiger partial charge in [-0.2, -0.15) is 5.10 Å². The maximum Gasteiger partial charge on any atom is 0.255 e. The maximum absolute atomic E-state index is 12.7. The van der Waals surface area contributed by atoms with Crippen molar-refractivity contribution in [2.45, 2.75) is 50.2 Å². The van der Waals surface area contributed by atoms with E-state index in [1.807, 2.05) is 41.9 Å². The van der Waals surface area contributed by atoms with Gasteiger partial charge in [0.2, 0.25) is 10.0 Å². The highest BCUT2D eigenvalue weighted by atomic mass is 32.2. The zero-order valence-electron chi connectivity index (χ0n) is 17.4. The molecule has 1 amide bonds. The lowest BCUT2D eigenvalue weighted by Gasteiger charge is -2.10. The van der Waals surface area contributed by atoms with Crippen LogP contribution >= 0.6 is 0 Å². The van der Waals surface area contributed by atoms with Gasteiger partial charge in [-0.25, -0.2) is 13.1 Å². The Morgan fingerprint density at radius 1 is 1.06 bits per heavy atom. The molecule has 1 aliphatic rings. The van der Waals surface area contributed by atoms with Gasteiger partial charge in [0.1, 0.15) is 0 Å². The summed E-state index contributed by atoms with van der Waals surface area (Å²) < 4.78 is 29.0. The Kier molecular flexibility index (Phi) is 6.20. The van der Waals surface area contributed by atoms with Crippen LogP contribution in [-0.4, -0.2) is 30.1 Å². The van der Waals surface area contributed by atoms with Gasteiger partial charge >= 0.3 is 0 Å². The second kappa shape index (κ2) is 9.03. The molecule has 1 aromatic heterocycles. The summed E-state index contributed by atoms with van der Waals surface area (Å²) in [5.74, 6) is -0.191. The standard InChI is InChI=1S/C23H26N4O3S/c1-2-22-21(15-25-27(22)16-18-6-4-3-5-7-18)23(28)24-14-17-8-12-20(13-9-17)31(29,30)26-19-10-11-19/h3-9,12-13,15,19,26H,2,10-11,14,16H2,1H3,(H,24,28). The van der Waals surface area contributed by atoms with E-state index in [9.17, 15) is 13.2 Å². The van der Waals surface area contributed by atoms with Crippen molar-refractivity contribution in [3.05, 3.63) is 83.2 Å². The van der Waals surface area contributed by atoms with E-state index in [-0.39, 0.29) is 16.8 Å². The number of aromatic nitrogens is 2. The van der Waals surface area contributed by atoms with Gasteiger partial charge in [-0.15, -0.1) is 0 Å². The third-order valence-corrected chi connectivity index (χ3v) is 6.83. The molecule has 2 aromatic carbocycles. The van der Waals surface area contributed by atoms with Gasteiger partial charge in [0.15, 0.2) is 0 Å². The van der Waals surface area contributed by atoms with Gasteiger partial charge in [-0.1, -0.05) is 49.4 Å². The fourth-order valence-corrected chi connectivity index (χ4v) is 4.72. The first-order valence-electron chi connectivity index (χ1n) is 10.4. The van der Waals surface area contributed by atoms with Crippen molar-refractivity contribution < 1.29 is 13.2 Å². The molecule has 1 heterocycles. The second-order valence-electron chi connectivity index (χ2n) is 7.72. The summed E-state index contributed by atoms with van der Waals surface area (Å²) in [6, 6.07) is 16.7. The average molecular weight is 439 g/mol. The molecule has 0 atom stereocenters. The predicted molar refractivity (Wildman–Crippen MR) is 118 cm³/mol. The highest BCUT2D eigenvalue weighted by Gasteiger charge is 2.27. The largest absolute Gasteiger partial charge is 0.348 e. The van der Waals surface area contributed by atoms with Crippen LogP contribution in [0.5, 0.6) is 0 Å². The molecule has 1 fully saturated rings. The van der Waals surface area contributed by atoms with Crippen LogP contribution in [-0.2, 0) is 29.5 Å². The van der Waals surface area contributed by atoms with Crippen molar-refractivity contribution in [2.24, 2.45) is 0 Å². The molecule has 0 saturated heterocycles. The fraction of sp³-hybridized carbons (Fsp3) is 0.304. The molecule has 1 aliphatic carbocycles. The molecule has 31 heavy (non-hydrogen) atoms. The summed E-state index contributed by atoms with van der Waals surface area (Å²) in [5, 5.41) is 7.32. The molecule has 4 rings (SSSR count). The number of rotatable bonds is 9. The molecule has 0 bridgehead atoms. The Balaban J connectivity index is 1.39. The van der Waals surface area contributed by atoms with E-state index in [2.05, 4.69) is 15.1 Å². The quantitative estimate of drug-likeness (QED) is 0.537. The van der Waals surface area contributed by atoms with E-state index in [4.69, 9.17) is 0 Å². The Bertz CT molecular complexity index is 1150. The van der Waals surface area contributed by atoms with Crippen LogP contribution in [0.15, 0.2) is 65.7 Å². The minimum absolute atomic E-state index is 0.0690. The molecule has 0 aliphatic heterocycles. The van der Waals surface area contributed by atoms with Gasteiger partial charge in [0.05, 0.1) is 28.9 Å². The second-order valence-corrected chi connectivity index (χ2v) is 9.44. The van der Waals surface area contributed by atoms with Crippen LogP contribution < -0.4 is 10.0 Å². The number of hydrogen-bond acceptors (Lipinski definition) is 4. The van der Waals surface area contributed by atoms with Crippen LogP contribution in [0.2, 0.25) is 0 Å². The van der Waals surface area contributed by atoms with Gasteiger partial charge in [0, 0.05) is 12.6 Å². The molecular formula is C23H26N4O3S. The van der Waals surface area contributed by atoms with Gasteiger partial charge in [0.25, 0.3) is 5.91 Å². The van der Waals surface area contributed by atoms with Gasteiger partial charge in [-0.3, -0.25) is 9.48 Å². The molecule has 0 unspecified atom stereocenters. The van der Waals surface area contributed by atoms with Crippen LogP contribution in [0.4, 0.5) is 0 Å². The van der Waals surface area contributed by atoms with E-state index in [1.165, 1.54) is 0 Å². The van der Waals surface area contributed by atoms with Crippen molar-refractivity contribution in [3.8, 4) is 0 Å². The molecule has 8 heteroatoms. The number of carbonyl (C=O) groups is 1.